The molecule has 6 heteroatoms. The van der Waals surface area contributed by atoms with Crippen molar-refractivity contribution in [2.45, 2.75) is 18.1 Å². The van der Waals surface area contributed by atoms with Crippen molar-refractivity contribution < 1.29 is 4.92 Å². The summed E-state index contributed by atoms with van der Waals surface area (Å²) < 4.78 is 0. The summed E-state index contributed by atoms with van der Waals surface area (Å²) in [4.78, 5) is 12.9. The van der Waals surface area contributed by atoms with Crippen LogP contribution in [-0.2, 0) is 5.88 Å². The van der Waals surface area contributed by atoms with Crippen LogP contribution in [0.15, 0.2) is 18.2 Å². The Hall–Kier alpha value is -0.940. The number of benzene rings is 1. The average molecular weight is 287 g/mol. The fourth-order valence-electron chi connectivity index (χ4n) is 2.10. The summed E-state index contributed by atoms with van der Waals surface area (Å²) in [5.74, 6) is 1.31. The molecule has 1 aromatic carbocycles. The van der Waals surface area contributed by atoms with Crippen LogP contribution in [0.3, 0.4) is 0 Å². The molecule has 0 aliphatic carbocycles. The fourth-order valence-corrected chi connectivity index (χ4v) is 3.28. The Morgan fingerprint density at radius 2 is 2.39 bits per heavy atom. The molecule has 1 unspecified atom stereocenters. The van der Waals surface area contributed by atoms with E-state index in [4.69, 9.17) is 11.6 Å². The van der Waals surface area contributed by atoms with Gasteiger partial charge in [0.15, 0.2) is 0 Å². The van der Waals surface area contributed by atoms with E-state index in [1.165, 1.54) is 0 Å². The number of rotatable bonds is 3. The second-order valence-electron chi connectivity index (χ2n) is 4.34. The van der Waals surface area contributed by atoms with Crippen LogP contribution in [0.25, 0.3) is 0 Å². The van der Waals surface area contributed by atoms with Crippen molar-refractivity contribution in [1.29, 1.82) is 0 Å². The molecule has 1 aromatic rings. The Morgan fingerprint density at radius 1 is 1.61 bits per heavy atom. The number of hydrogen-bond donors (Lipinski definition) is 0. The average Bonchev–Trinajstić information content (AvgIpc) is 2.38. The molecule has 0 bridgehead atoms. The first-order chi connectivity index (χ1) is 8.61. The first-order valence-corrected chi connectivity index (χ1v) is 7.40. The van der Waals surface area contributed by atoms with Crippen LogP contribution in [0.5, 0.6) is 0 Å². The highest BCUT2D eigenvalue weighted by Gasteiger charge is 2.24. The summed E-state index contributed by atoms with van der Waals surface area (Å²) in [6.07, 6.45) is 0. The third-order valence-electron chi connectivity index (χ3n) is 2.97. The standard InChI is InChI=1S/C12H15ClN2O2S/c1-9-8-14(4-5-18-9)11-3-2-10(7-13)6-12(11)15(16)17/h2-3,6,9H,4-5,7-8H2,1H3. The van der Waals surface area contributed by atoms with Crippen LogP contribution in [0.1, 0.15) is 12.5 Å². The van der Waals surface area contributed by atoms with E-state index < -0.39 is 0 Å². The third kappa shape index (κ3) is 2.90. The van der Waals surface area contributed by atoms with E-state index in [-0.39, 0.29) is 10.6 Å². The summed E-state index contributed by atoms with van der Waals surface area (Å²) in [7, 11) is 0. The lowest BCUT2D eigenvalue weighted by Gasteiger charge is -2.32. The Bertz CT molecular complexity index is 456. The first kappa shape index (κ1) is 13.5. The van der Waals surface area contributed by atoms with E-state index in [1.807, 2.05) is 23.9 Å². The van der Waals surface area contributed by atoms with Gasteiger partial charge in [0, 0.05) is 36.0 Å². The molecule has 0 amide bonds. The molecule has 98 valence electrons. The molecular formula is C12H15ClN2O2S. The van der Waals surface area contributed by atoms with Gasteiger partial charge in [0.1, 0.15) is 5.69 Å². The monoisotopic (exact) mass is 286 g/mol. The molecule has 1 heterocycles. The molecule has 0 N–H and O–H groups in total. The van der Waals surface area contributed by atoms with Crippen molar-refractivity contribution in [1.82, 2.24) is 0 Å². The number of nitro groups is 1. The van der Waals surface area contributed by atoms with E-state index in [9.17, 15) is 10.1 Å². The highest BCUT2D eigenvalue weighted by atomic mass is 35.5. The van der Waals surface area contributed by atoms with Crippen molar-refractivity contribution in [2.75, 3.05) is 23.7 Å². The van der Waals surface area contributed by atoms with E-state index in [2.05, 4.69) is 11.8 Å². The predicted octanol–water partition coefficient (Wildman–Crippen LogP) is 3.28. The zero-order valence-corrected chi connectivity index (χ0v) is 11.7. The predicted molar refractivity (Wildman–Crippen MR) is 76.8 cm³/mol. The molecule has 0 saturated carbocycles. The molecule has 1 atom stereocenters. The number of nitrogens with zero attached hydrogens (tertiary/aromatic N) is 2. The topological polar surface area (TPSA) is 46.4 Å². The van der Waals surface area contributed by atoms with Gasteiger partial charge in [0.25, 0.3) is 5.69 Å². The minimum Gasteiger partial charge on any atom is -0.364 e. The number of halogens is 1. The van der Waals surface area contributed by atoms with Gasteiger partial charge in [-0.3, -0.25) is 10.1 Å². The molecule has 1 aliphatic rings. The number of anilines is 1. The Balaban J connectivity index is 2.33. The quantitative estimate of drug-likeness (QED) is 0.486. The Labute approximate surface area is 115 Å². The first-order valence-electron chi connectivity index (χ1n) is 5.81. The number of alkyl halides is 1. The van der Waals surface area contributed by atoms with Crippen LogP contribution in [-0.4, -0.2) is 29.0 Å². The van der Waals surface area contributed by atoms with E-state index in [0.29, 0.717) is 16.8 Å². The number of nitro benzene ring substituents is 1. The van der Waals surface area contributed by atoms with Gasteiger partial charge in [-0.25, -0.2) is 0 Å². The highest BCUT2D eigenvalue weighted by molar-refractivity contribution is 8.00. The SMILES string of the molecule is CC1CN(c2ccc(CCl)cc2[N+](=O)[O-])CCS1. The molecule has 0 radical (unpaired) electrons. The van der Waals surface area contributed by atoms with Gasteiger partial charge in [0.05, 0.1) is 4.92 Å². The fraction of sp³-hybridized carbons (Fsp3) is 0.500. The van der Waals surface area contributed by atoms with Crippen molar-refractivity contribution in [3.63, 3.8) is 0 Å². The lowest BCUT2D eigenvalue weighted by atomic mass is 10.1. The van der Waals surface area contributed by atoms with Crippen LogP contribution < -0.4 is 4.90 Å². The van der Waals surface area contributed by atoms with Gasteiger partial charge in [-0.05, 0) is 11.6 Å². The maximum atomic E-state index is 11.1. The molecule has 1 fully saturated rings. The summed E-state index contributed by atoms with van der Waals surface area (Å²) in [5, 5.41) is 11.7. The molecular weight excluding hydrogens is 272 g/mol. The smallest absolute Gasteiger partial charge is 0.292 e. The second-order valence-corrected chi connectivity index (χ2v) is 6.15. The maximum Gasteiger partial charge on any atom is 0.292 e. The zero-order valence-electron chi connectivity index (χ0n) is 10.1. The minimum atomic E-state index is -0.322. The summed E-state index contributed by atoms with van der Waals surface area (Å²) in [5.41, 5.74) is 1.65. The molecule has 0 aromatic heterocycles. The van der Waals surface area contributed by atoms with Crippen molar-refractivity contribution in [3.8, 4) is 0 Å². The normalized spacial score (nSPS) is 19.9. The summed E-state index contributed by atoms with van der Waals surface area (Å²) in [6.45, 7) is 3.86. The largest absolute Gasteiger partial charge is 0.364 e. The van der Waals surface area contributed by atoms with E-state index in [0.717, 1.165) is 24.4 Å². The van der Waals surface area contributed by atoms with Crippen molar-refractivity contribution >= 4 is 34.7 Å². The molecule has 0 spiro atoms. The van der Waals surface area contributed by atoms with E-state index >= 15 is 0 Å². The molecule has 18 heavy (non-hydrogen) atoms. The zero-order chi connectivity index (χ0) is 13.1. The van der Waals surface area contributed by atoms with Crippen LogP contribution in [0.2, 0.25) is 0 Å². The summed E-state index contributed by atoms with van der Waals surface area (Å²) in [6, 6.07) is 5.26. The van der Waals surface area contributed by atoms with Crippen LogP contribution >= 0.6 is 23.4 Å². The minimum absolute atomic E-state index is 0.159. The molecule has 4 nitrogen and oxygen atoms in total. The van der Waals surface area contributed by atoms with Crippen molar-refractivity contribution in [2.24, 2.45) is 0 Å². The van der Waals surface area contributed by atoms with Crippen LogP contribution in [0, 0.1) is 10.1 Å². The van der Waals surface area contributed by atoms with Gasteiger partial charge in [0.2, 0.25) is 0 Å². The van der Waals surface area contributed by atoms with Gasteiger partial charge < -0.3 is 4.90 Å². The lowest BCUT2D eigenvalue weighted by molar-refractivity contribution is -0.384. The third-order valence-corrected chi connectivity index (χ3v) is 4.42. The van der Waals surface area contributed by atoms with Gasteiger partial charge in [-0.15, -0.1) is 11.6 Å². The molecule has 2 rings (SSSR count). The number of thioether (sulfide) groups is 1. The van der Waals surface area contributed by atoms with Gasteiger partial charge in [-0.2, -0.15) is 11.8 Å². The van der Waals surface area contributed by atoms with Gasteiger partial charge >= 0.3 is 0 Å². The Kier molecular flexibility index (Phi) is 4.35. The highest BCUT2D eigenvalue weighted by Crippen LogP contribution is 2.32. The maximum absolute atomic E-state index is 11.1. The van der Waals surface area contributed by atoms with Crippen molar-refractivity contribution in [3.05, 3.63) is 33.9 Å². The molecule has 1 saturated heterocycles. The van der Waals surface area contributed by atoms with E-state index in [1.54, 1.807) is 6.07 Å². The number of hydrogen-bond acceptors (Lipinski definition) is 4. The second kappa shape index (κ2) is 5.80. The Morgan fingerprint density at radius 3 is 3.00 bits per heavy atom. The lowest BCUT2D eigenvalue weighted by Crippen LogP contribution is -2.36. The van der Waals surface area contributed by atoms with Crippen LogP contribution in [0.4, 0.5) is 11.4 Å². The van der Waals surface area contributed by atoms with Gasteiger partial charge in [-0.1, -0.05) is 13.0 Å². The molecule has 1 aliphatic heterocycles. The summed E-state index contributed by atoms with van der Waals surface area (Å²) >= 11 is 7.63.